The molecule has 0 aliphatic heterocycles. The maximum absolute atomic E-state index is 15.2. The first-order chi connectivity index (χ1) is 22.2. The van der Waals surface area contributed by atoms with Crippen LogP contribution in [0, 0.1) is 17.7 Å². The summed E-state index contributed by atoms with van der Waals surface area (Å²) in [6.07, 6.45) is 0. The van der Waals surface area contributed by atoms with Gasteiger partial charge in [-0.05, 0) is 73.5 Å². The van der Waals surface area contributed by atoms with Crippen molar-refractivity contribution in [2.75, 3.05) is 10.6 Å². The van der Waals surface area contributed by atoms with Crippen LogP contribution in [0.25, 0.3) is 11.1 Å². The fourth-order valence-corrected chi connectivity index (χ4v) is 4.78. The molecule has 0 radical (unpaired) electrons. The lowest BCUT2D eigenvalue weighted by Gasteiger charge is -2.16. The lowest BCUT2D eigenvalue weighted by Crippen LogP contribution is -2.28. The molecular weight excluding hydrogens is 583 g/mol. The van der Waals surface area contributed by atoms with Gasteiger partial charge < -0.3 is 15.4 Å². The second kappa shape index (κ2) is 14.3. The molecule has 2 unspecified atom stereocenters. The zero-order valence-electron chi connectivity index (χ0n) is 25.2. The van der Waals surface area contributed by atoms with Crippen molar-refractivity contribution in [1.29, 1.82) is 0 Å². The highest BCUT2D eigenvalue weighted by Crippen LogP contribution is 2.30. The van der Waals surface area contributed by atoms with Gasteiger partial charge in [0, 0.05) is 16.8 Å². The highest BCUT2D eigenvalue weighted by molar-refractivity contribution is 6.16. The smallest absolute Gasteiger partial charge is 0.235 e. The van der Waals surface area contributed by atoms with E-state index in [0.29, 0.717) is 33.9 Å². The molecular formula is C38H31FN2O5. The number of anilines is 2. The highest BCUT2D eigenvalue weighted by Gasteiger charge is 2.26. The van der Waals surface area contributed by atoms with Gasteiger partial charge in [-0.3, -0.25) is 19.2 Å². The van der Waals surface area contributed by atoms with Gasteiger partial charge in [0.1, 0.15) is 17.3 Å². The van der Waals surface area contributed by atoms with Crippen LogP contribution in [-0.2, 0) is 9.59 Å². The summed E-state index contributed by atoms with van der Waals surface area (Å²) in [4.78, 5) is 52.0. The first-order valence-corrected chi connectivity index (χ1v) is 14.7. The molecule has 0 spiro atoms. The number of carbonyl (C=O) groups is 4. The molecule has 46 heavy (non-hydrogen) atoms. The van der Waals surface area contributed by atoms with Gasteiger partial charge in [-0.1, -0.05) is 78.9 Å². The maximum atomic E-state index is 15.2. The third kappa shape index (κ3) is 7.42. The molecule has 8 heteroatoms. The molecule has 0 bridgehead atoms. The molecule has 230 valence electrons. The van der Waals surface area contributed by atoms with E-state index in [4.69, 9.17) is 4.74 Å². The predicted octanol–water partition coefficient (Wildman–Crippen LogP) is 8.20. The van der Waals surface area contributed by atoms with Crippen LogP contribution >= 0.6 is 0 Å². The summed E-state index contributed by atoms with van der Waals surface area (Å²) in [5.41, 5.74) is 1.84. The van der Waals surface area contributed by atoms with Crippen LogP contribution < -0.4 is 15.4 Å². The van der Waals surface area contributed by atoms with Crippen molar-refractivity contribution in [3.63, 3.8) is 0 Å². The zero-order chi connectivity index (χ0) is 32.6. The number of carbonyl (C=O) groups excluding carboxylic acids is 4. The summed E-state index contributed by atoms with van der Waals surface area (Å²) < 4.78 is 21.0. The van der Waals surface area contributed by atoms with Gasteiger partial charge in [0.2, 0.25) is 11.8 Å². The topological polar surface area (TPSA) is 102 Å². The van der Waals surface area contributed by atoms with Gasteiger partial charge in [-0.2, -0.15) is 0 Å². The number of benzene rings is 5. The molecule has 2 amide bonds. The monoisotopic (exact) mass is 614 g/mol. The van der Waals surface area contributed by atoms with Crippen molar-refractivity contribution in [2.24, 2.45) is 11.8 Å². The van der Waals surface area contributed by atoms with E-state index in [9.17, 15) is 19.2 Å². The van der Waals surface area contributed by atoms with E-state index < -0.39 is 35.3 Å². The van der Waals surface area contributed by atoms with E-state index in [1.807, 2.05) is 30.3 Å². The summed E-state index contributed by atoms with van der Waals surface area (Å²) in [5, 5.41) is 5.25. The number of nitrogens with one attached hydrogen (secondary N) is 2. The van der Waals surface area contributed by atoms with Crippen LogP contribution in [0.3, 0.4) is 0 Å². The Kier molecular flexibility index (Phi) is 9.78. The molecule has 0 aromatic heterocycles. The van der Waals surface area contributed by atoms with Gasteiger partial charge in [-0.15, -0.1) is 0 Å². The molecule has 0 saturated carbocycles. The van der Waals surface area contributed by atoms with Crippen LogP contribution in [0.5, 0.6) is 11.5 Å². The van der Waals surface area contributed by atoms with Crippen LogP contribution in [-0.4, -0.2) is 23.4 Å². The maximum Gasteiger partial charge on any atom is 0.235 e. The quantitative estimate of drug-likeness (QED) is 0.115. The number of halogens is 1. The third-order valence-electron chi connectivity index (χ3n) is 7.46. The zero-order valence-corrected chi connectivity index (χ0v) is 25.2. The fourth-order valence-electron chi connectivity index (χ4n) is 4.78. The Hall–Kier alpha value is -5.89. The second-order valence-corrected chi connectivity index (χ2v) is 10.7. The Morgan fingerprint density at radius 3 is 1.85 bits per heavy atom. The molecule has 0 fully saturated rings. The largest absolute Gasteiger partial charge is 0.457 e. The Morgan fingerprint density at radius 1 is 0.609 bits per heavy atom. The summed E-state index contributed by atoms with van der Waals surface area (Å²) in [6, 6.07) is 35.3. The number of Topliss-reactive ketones (excluding diaryl/α,β-unsaturated/α-hetero) is 2. The number of rotatable bonds is 11. The molecule has 2 N–H and O–H groups in total. The number of para-hydroxylation sites is 1. The van der Waals surface area contributed by atoms with Crippen LogP contribution in [0.1, 0.15) is 34.6 Å². The van der Waals surface area contributed by atoms with E-state index in [0.717, 1.165) is 0 Å². The third-order valence-corrected chi connectivity index (χ3v) is 7.46. The van der Waals surface area contributed by atoms with Gasteiger partial charge in [0.25, 0.3) is 0 Å². The standard InChI is InChI=1S/C38H31FN2O5/c1-24(35(42)26-11-5-3-6-12-26)38(45)41-34-22-17-27(23-33(34)39)31-15-9-10-16-32(31)36(43)25(2)37(44)40-28-18-20-30(21-19-28)46-29-13-7-4-8-14-29/h3-25H,1-2H3,(H,40,44)(H,41,45). The summed E-state index contributed by atoms with van der Waals surface area (Å²) in [7, 11) is 0. The molecule has 0 saturated heterocycles. The van der Waals surface area contributed by atoms with Crippen molar-refractivity contribution in [3.05, 3.63) is 144 Å². The molecule has 0 heterocycles. The average molecular weight is 615 g/mol. The lowest BCUT2D eigenvalue weighted by molar-refractivity contribution is -0.119. The van der Waals surface area contributed by atoms with Crippen molar-refractivity contribution in [1.82, 2.24) is 0 Å². The first kappa shape index (κ1) is 31.5. The summed E-state index contributed by atoms with van der Waals surface area (Å²) >= 11 is 0. The Labute approximate surface area is 266 Å². The van der Waals surface area contributed by atoms with Crippen molar-refractivity contribution in [2.45, 2.75) is 13.8 Å². The lowest BCUT2D eigenvalue weighted by atomic mass is 9.91. The van der Waals surface area contributed by atoms with E-state index in [2.05, 4.69) is 10.6 Å². The molecule has 5 aromatic rings. The van der Waals surface area contributed by atoms with Crippen molar-refractivity contribution < 1.29 is 28.3 Å². The SMILES string of the molecule is CC(C(=O)Nc1ccc(-c2ccccc2C(=O)C(C)C(=O)Nc2ccc(Oc3ccccc3)cc2)cc1F)C(=O)c1ccccc1. The van der Waals surface area contributed by atoms with Crippen LogP contribution in [0.15, 0.2) is 127 Å². The Morgan fingerprint density at radius 2 is 1.17 bits per heavy atom. The van der Waals surface area contributed by atoms with E-state index >= 15 is 4.39 Å². The van der Waals surface area contributed by atoms with Crippen LogP contribution in [0.2, 0.25) is 0 Å². The van der Waals surface area contributed by atoms with Crippen molar-refractivity contribution >= 4 is 34.8 Å². The predicted molar refractivity (Wildman–Crippen MR) is 175 cm³/mol. The molecule has 2 atom stereocenters. The Balaban J connectivity index is 1.25. The van der Waals surface area contributed by atoms with Gasteiger partial charge >= 0.3 is 0 Å². The van der Waals surface area contributed by atoms with Gasteiger partial charge in [0.15, 0.2) is 11.6 Å². The minimum absolute atomic E-state index is 0.0989. The molecule has 5 rings (SSSR count). The first-order valence-electron chi connectivity index (χ1n) is 14.7. The van der Waals surface area contributed by atoms with Crippen LogP contribution in [0.4, 0.5) is 15.8 Å². The molecule has 0 aliphatic carbocycles. The highest BCUT2D eigenvalue weighted by atomic mass is 19.1. The van der Waals surface area contributed by atoms with Gasteiger partial charge in [-0.25, -0.2) is 4.39 Å². The minimum atomic E-state index is -1.05. The fraction of sp³-hybridized carbons (Fsp3) is 0.105. The normalized spacial score (nSPS) is 12.0. The summed E-state index contributed by atoms with van der Waals surface area (Å²) in [6.45, 7) is 2.98. The Bertz CT molecular complexity index is 1880. The number of hydrogen-bond donors (Lipinski definition) is 2. The van der Waals surface area contributed by atoms with Gasteiger partial charge in [0.05, 0.1) is 17.5 Å². The second-order valence-electron chi connectivity index (χ2n) is 10.7. The molecule has 0 aliphatic rings. The average Bonchev–Trinajstić information content (AvgIpc) is 3.09. The number of ether oxygens (including phenoxy) is 1. The van der Waals surface area contributed by atoms with Crippen molar-refractivity contribution in [3.8, 4) is 22.6 Å². The van der Waals surface area contributed by atoms with E-state index in [1.165, 1.54) is 26.0 Å². The number of ketones is 2. The number of amides is 2. The van der Waals surface area contributed by atoms with E-state index in [1.54, 1.807) is 84.9 Å². The molecule has 7 nitrogen and oxygen atoms in total. The number of hydrogen-bond acceptors (Lipinski definition) is 5. The molecule has 5 aromatic carbocycles. The minimum Gasteiger partial charge on any atom is -0.457 e. The summed E-state index contributed by atoms with van der Waals surface area (Å²) in [5.74, 6) is -3.51. The van der Waals surface area contributed by atoms with E-state index in [-0.39, 0.29) is 17.0 Å².